The number of rotatable bonds is 1. The molecule has 0 aromatic heterocycles. The van der Waals surface area contributed by atoms with E-state index < -0.39 is 8.43 Å². The Morgan fingerprint density at radius 1 is 1.77 bits per heavy atom. The van der Waals surface area contributed by atoms with Gasteiger partial charge in [-0.15, -0.1) is 0 Å². The van der Waals surface area contributed by atoms with Crippen LogP contribution in [-0.4, -0.2) is 22.2 Å². The quantitative estimate of drug-likeness (QED) is 0.534. The first-order chi connectivity index (χ1) is 5.80. The van der Waals surface area contributed by atoms with Crippen LogP contribution < -0.4 is 0 Å². The first kappa shape index (κ1) is 11.3. The molecule has 76 valence electrons. The Morgan fingerprint density at radius 3 is 2.85 bits per heavy atom. The third-order valence-corrected chi connectivity index (χ3v) is 5.10. The van der Waals surface area contributed by atoms with E-state index in [4.69, 9.17) is 14.9 Å². The summed E-state index contributed by atoms with van der Waals surface area (Å²) in [6.45, 7) is 3.90. The fraction of sp³-hybridized carbons (Fsp3) is 0.500. The van der Waals surface area contributed by atoms with Gasteiger partial charge in [-0.3, -0.25) is 0 Å². The summed E-state index contributed by atoms with van der Waals surface area (Å²) < 4.78 is 9.84. The largest absolute Gasteiger partial charge is 0.432 e. The molecule has 0 fully saturated rings. The Morgan fingerprint density at radius 2 is 2.38 bits per heavy atom. The monoisotopic (exact) mass is 285 g/mol. The highest BCUT2D eigenvalue weighted by Crippen LogP contribution is 2.64. The average Bonchev–Trinajstić information content (AvgIpc) is 1.79. The summed E-state index contributed by atoms with van der Waals surface area (Å²) in [7, 11) is 3.70. The van der Waals surface area contributed by atoms with Crippen LogP contribution in [0.3, 0.4) is 0 Å². The van der Waals surface area contributed by atoms with Gasteiger partial charge in [0.15, 0.2) is 0 Å². The Balaban J connectivity index is 3.20. The van der Waals surface area contributed by atoms with E-state index in [2.05, 4.69) is 20.3 Å². The average molecular weight is 287 g/mol. The van der Waals surface area contributed by atoms with Crippen LogP contribution >= 0.6 is 35.0 Å². The lowest BCUT2D eigenvalue weighted by atomic mass is 10.4. The predicted octanol–water partition coefficient (Wildman–Crippen LogP) is 3.53. The standard InChI is InChI=1S/C8H13BrClNOS/c1-7(9)6-13(3,10)11-8(2)4-5-12-13/h4-7H,1-3H3. The van der Waals surface area contributed by atoms with Crippen LogP contribution in [0.25, 0.3) is 0 Å². The minimum Gasteiger partial charge on any atom is -0.432 e. The molecule has 0 aromatic rings. The summed E-state index contributed by atoms with van der Waals surface area (Å²) in [5.41, 5.74) is 0.898. The molecule has 0 saturated heterocycles. The van der Waals surface area contributed by atoms with Gasteiger partial charge >= 0.3 is 0 Å². The first-order valence-electron chi connectivity index (χ1n) is 3.86. The molecule has 1 unspecified atom stereocenters. The number of hydrogen-bond donors (Lipinski definition) is 0. The molecular weight excluding hydrogens is 274 g/mol. The predicted molar refractivity (Wildman–Crippen MR) is 67.2 cm³/mol. The molecule has 1 aliphatic rings. The maximum atomic E-state index is 6.38. The SMILES string of the molecule is CC1=NS(C)(Cl)(=CC(C)Br)OC=C1. The van der Waals surface area contributed by atoms with E-state index in [1.165, 1.54) is 0 Å². The third-order valence-electron chi connectivity index (χ3n) is 1.45. The lowest BCUT2D eigenvalue weighted by molar-refractivity contribution is 0.547. The zero-order valence-electron chi connectivity index (χ0n) is 7.83. The highest BCUT2D eigenvalue weighted by molar-refractivity contribution is 9.10. The molecule has 1 aliphatic heterocycles. The van der Waals surface area contributed by atoms with Crippen LogP contribution in [0.2, 0.25) is 0 Å². The summed E-state index contributed by atoms with van der Waals surface area (Å²) >= 11 is 3.41. The van der Waals surface area contributed by atoms with Crippen LogP contribution in [0.1, 0.15) is 13.8 Å². The highest BCUT2D eigenvalue weighted by Gasteiger charge is 2.25. The summed E-state index contributed by atoms with van der Waals surface area (Å²) in [6, 6.07) is 0. The second kappa shape index (κ2) is 3.41. The van der Waals surface area contributed by atoms with E-state index in [0.717, 1.165) is 5.71 Å². The van der Waals surface area contributed by atoms with Crippen molar-refractivity contribution in [1.82, 2.24) is 0 Å². The lowest BCUT2D eigenvalue weighted by Gasteiger charge is -2.37. The van der Waals surface area contributed by atoms with Crippen molar-refractivity contribution in [2.45, 2.75) is 18.7 Å². The van der Waals surface area contributed by atoms with E-state index in [1.807, 2.05) is 25.5 Å². The van der Waals surface area contributed by atoms with E-state index in [-0.39, 0.29) is 4.83 Å². The van der Waals surface area contributed by atoms with Gasteiger partial charge in [-0.05, 0) is 30.6 Å². The third kappa shape index (κ3) is 3.11. The second-order valence-corrected chi connectivity index (χ2v) is 10.00. The molecule has 1 atom stereocenters. The number of allylic oxidation sites excluding steroid dienone is 1. The Kier molecular flexibility index (Phi) is 2.95. The number of hydrogen-bond acceptors (Lipinski definition) is 2. The molecule has 2 nitrogen and oxygen atoms in total. The van der Waals surface area contributed by atoms with Gasteiger partial charge < -0.3 is 4.18 Å². The number of nitrogens with zero attached hydrogens (tertiary/aromatic N) is 1. The van der Waals surface area contributed by atoms with Gasteiger partial charge in [0.05, 0.1) is 5.71 Å². The maximum Gasteiger partial charge on any atom is 0.103 e. The minimum atomic E-state index is -2.68. The summed E-state index contributed by atoms with van der Waals surface area (Å²) in [4.78, 5) is 0.181. The lowest BCUT2D eigenvalue weighted by Crippen LogP contribution is -2.10. The Labute approximate surface area is 91.9 Å². The summed E-state index contributed by atoms with van der Waals surface area (Å²) in [5, 5.41) is 1.91. The normalized spacial score (nSPS) is 29.0. The Hall–Kier alpha value is 0.200. The van der Waals surface area contributed by atoms with Gasteiger partial charge in [0.25, 0.3) is 0 Å². The molecule has 0 amide bonds. The number of halogens is 2. The van der Waals surface area contributed by atoms with Gasteiger partial charge in [-0.25, -0.2) is 4.40 Å². The van der Waals surface area contributed by atoms with Gasteiger partial charge in [-0.1, -0.05) is 15.9 Å². The molecule has 13 heavy (non-hydrogen) atoms. The molecule has 0 bridgehead atoms. The van der Waals surface area contributed by atoms with Crippen molar-refractivity contribution in [3.8, 4) is 0 Å². The van der Waals surface area contributed by atoms with E-state index in [1.54, 1.807) is 12.3 Å². The van der Waals surface area contributed by atoms with Gasteiger partial charge in [0.2, 0.25) is 0 Å². The van der Waals surface area contributed by atoms with Crippen LogP contribution in [0, 0.1) is 0 Å². The second-order valence-electron chi connectivity index (χ2n) is 3.18. The topological polar surface area (TPSA) is 21.6 Å². The van der Waals surface area contributed by atoms with E-state index in [0.29, 0.717) is 0 Å². The molecule has 1 rings (SSSR count). The Bertz CT molecular complexity index is 340. The molecule has 1 heterocycles. The van der Waals surface area contributed by atoms with Crippen molar-refractivity contribution in [2.24, 2.45) is 4.40 Å². The van der Waals surface area contributed by atoms with Crippen LogP contribution in [0.5, 0.6) is 0 Å². The van der Waals surface area contributed by atoms with Crippen molar-refractivity contribution >= 4 is 46.1 Å². The molecule has 0 aliphatic carbocycles. The minimum absolute atomic E-state index is 0.181. The smallest absolute Gasteiger partial charge is 0.103 e. The molecular formula is C8H13BrClNOS. The van der Waals surface area contributed by atoms with Crippen molar-refractivity contribution in [2.75, 3.05) is 6.26 Å². The molecule has 0 saturated carbocycles. The molecule has 0 radical (unpaired) electrons. The van der Waals surface area contributed by atoms with E-state index in [9.17, 15) is 0 Å². The van der Waals surface area contributed by atoms with Crippen molar-refractivity contribution in [3.63, 3.8) is 0 Å². The molecule has 5 heteroatoms. The van der Waals surface area contributed by atoms with Crippen molar-refractivity contribution < 1.29 is 4.18 Å². The van der Waals surface area contributed by atoms with Crippen LogP contribution in [-0.2, 0) is 4.18 Å². The highest BCUT2D eigenvalue weighted by atomic mass is 79.9. The first-order valence-corrected chi connectivity index (χ1v) is 7.99. The van der Waals surface area contributed by atoms with Gasteiger partial charge in [0.1, 0.15) is 6.26 Å². The molecule has 0 aromatic carbocycles. The van der Waals surface area contributed by atoms with Gasteiger partial charge in [0, 0.05) is 24.9 Å². The zero-order valence-corrected chi connectivity index (χ0v) is 11.0. The molecule has 0 N–H and O–H groups in total. The van der Waals surface area contributed by atoms with Crippen LogP contribution in [0.15, 0.2) is 16.7 Å². The summed E-state index contributed by atoms with van der Waals surface area (Å²) in [5.74, 6) is 0. The fourth-order valence-electron chi connectivity index (χ4n) is 1.13. The van der Waals surface area contributed by atoms with Crippen molar-refractivity contribution in [3.05, 3.63) is 12.3 Å². The van der Waals surface area contributed by atoms with Gasteiger partial charge in [-0.2, -0.15) is 0 Å². The number of alkyl halides is 1. The maximum absolute atomic E-state index is 6.38. The summed E-state index contributed by atoms with van der Waals surface area (Å²) in [6.07, 6.45) is 5.25. The van der Waals surface area contributed by atoms with Crippen LogP contribution in [0.4, 0.5) is 0 Å². The molecule has 0 spiro atoms. The fourth-order valence-corrected chi connectivity index (χ4v) is 6.02. The zero-order chi connectivity index (χ0) is 10.1. The van der Waals surface area contributed by atoms with E-state index >= 15 is 0 Å². The van der Waals surface area contributed by atoms with Crippen molar-refractivity contribution in [1.29, 1.82) is 0 Å².